The Kier molecular flexibility index (Phi) is 6.45. The van der Waals surface area contributed by atoms with Gasteiger partial charge in [0.1, 0.15) is 17.4 Å². The van der Waals surface area contributed by atoms with Crippen LogP contribution in [0.3, 0.4) is 0 Å². The van der Waals surface area contributed by atoms with Crippen LogP contribution in [0.25, 0.3) is 10.6 Å². The Morgan fingerprint density at radius 2 is 1.83 bits per heavy atom. The maximum absolute atomic E-state index is 12.7. The van der Waals surface area contributed by atoms with E-state index in [1.165, 1.54) is 23.5 Å². The molecule has 1 heterocycles. The van der Waals surface area contributed by atoms with E-state index < -0.39 is 17.7 Å². The molecule has 3 rings (SSSR count). The molecular weight excluding hydrogens is 415 g/mol. The summed E-state index contributed by atoms with van der Waals surface area (Å²) in [6.07, 6.45) is -3.90. The Bertz CT molecular complexity index is 1040. The molecule has 0 amide bonds. The van der Waals surface area contributed by atoms with Crippen molar-refractivity contribution in [3.63, 3.8) is 0 Å². The molecule has 0 aliphatic heterocycles. The van der Waals surface area contributed by atoms with Gasteiger partial charge in [0.15, 0.2) is 0 Å². The first-order chi connectivity index (χ1) is 14.1. The van der Waals surface area contributed by atoms with Crippen LogP contribution >= 0.6 is 11.3 Å². The maximum atomic E-state index is 12.7. The summed E-state index contributed by atoms with van der Waals surface area (Å²) in [5.41, 5.74) is 2.54. The number of hydrogen-bond donors (Lipinski definition) is 1. The van der Waals surface area contributed by atoms with Gasteiger partial charge in [-0.15, -0.1) is 11.3 Å². The van der Waals surface area contributed by atoms with Crippen molar-refractivity contribution < 1.29 is 27.8 Å². The van der Waals surface area contributed by atoms with E-state index >= 15 is 0 Å². The summed E-state index contributed by atoms with van der Waals surface area (Å²) in [6, 6.07) is 10.6. The summed E-state index contributed by atoms with van der Waals surface area (Å²) in [5.74, 6) is -0.214. The van der Waals surface area contributed by atoms with Gasteiger partial charge in [0, 0.05) is 12.0 Å². The second-order valence-electron chi connectivity index (χ2n) is 6.94. The predicted molar refractivity (Wildman–Crippen MR) is 109 cm³/mol. The van der Waals surface area contributed by atoms with E-state index in [-0.39, 0.29) is 13.0 Å². The minimum Gasteiger partial charge on any atom is -0.488 e. The van der Waals surface area contributed by atoms with Crippen LogP contribution in [0.15, 0.2) is 42.5 Å². The molecule has 30 heavy (non-hydrogen) atoms. The quantitative estimate of drug-likeness (QED) is 0.491. The SMILES string of the molecule is Cc1cc(CCC(=O)O)cc(OCc2sc(-c3ccc(C(F)(F)F)cc3)nc2C)c1. The third kappa shape index (κ3) is 5.60. The summed E-state index contributed by atoms with van der Waals surface area (Å²) in [6.45, 7) is 4.01. The fraction of sp³-hybridized carbons (Fsp3) is 0.273. The number of alkyl halides is 3. The molecule has 0 unspecified atom stereocenters. The van der Waals surface area contributed by atoms with Crippen LogP contribution in [-0.2, 0) is 24.0 Å². The zero-order valence-electron chi connectivity index (χ0n) is 16.4. The highest BCUT2D eigenvalue weighted by atomic mass is 32.1. The predicted octanol–water partition coefficient (Wildman–Crippen LogP) is 6.04. The highest BCUT2D eigenvalue weighted by Gasteiger charge is 2.30. The number of aryl methyl sites for hydroxylation is 3. The van der Waals surface area contributed by atoms with E-state index in [2.05, 4.69) is 4.98 Å². The molecule has 0 radical (unpaired) electrons. The number of thiazole rings is 1. The first-order valence-corrected chi connectivity index (χ1v) is 10.0. The summed E-state index contributed by atoms with van der Waals surface area (Å²) >= 11 is 1.37. The monoisotopic (exact) mass is 435 g/mol. The number of carboxylic acid groups (broad SMARTS) is 1. The zero-order valence-corrected chi connectivity index (χ0v) is 17.2. The van der Waals surface area contributed by atoms with Crippen molar-refractivity contribution in [2.75, 3.05) is 0 Å². The molecule has 0 saturated carbocycles. The third-order valence-corrected chi connectivity index (χ3v) is 5.64. The number of carboxylic acids is 1. The van der Waals surface area contributed by atoms with E-state index in [0.29, 0.717) is 22.7 Å². The van der Waals surface area contributed by atoms with Gasteiger partial charge in [-0.3, -0.25) is 4.79 Å². The van der Waals surface area contributed by atoms with Gasteiger partial charge in [0.05, 0.1) is 16.1 Å². The number of rotatable bonds is 7. The Morgan fingerprint density at radius 3 is 2.47 bits per heavy atom. The minimum atomic E-state index is -4.37. The van der Waals surface area contributed by atoms with Crippen molar-refractivity contribution in [1.82, 2.24) is 4.98 Å². The van der Waals surface area contributed by atoms with Crippen molar-refractivity contribution in [3.05, 3.63) is 69.7 Å². The lowest BCUT2D eigenvalue weighted by Gasteiger charge is -2.09. The molecule has 2 aromatic carbocycles. The second kappa shape index (κ2) is 8.87. The fourth-order valence-corrected chi connectivity index (χ4v) is 3.92. The molecule has 0 saturated heterocycles. The number of halogens is 3. The molecule has 8 heteroatoms. The van der Waals surface area contributed by atoms with Crippen LogP contribution in [0.2, 0.25) is 0 Å². The van der Waals surface area contributed by atoms with Gasteiger partial charge in [0.2, 0.25) is 0 Å². The van der Waals surface area contributed by atoms with Crippen LogP contribution in [-0.4, -0.2) is 16.1 Å². The lowest BCUT2D eigenvalue weighted by atomic mass is 10.1. The lowest BCUT2D eigenvalue weighted by molar-refractivity contribution is -0.138. The van der Waals surface area contributed by atoms with Crippen LogP contribution in [0.1, 0.15) is 33.7 Å². The second-order valence-corrected chi connectivity index (χ2v) is 8.02. The molecule has 0 fully saturated rings. The number of aliphatic carboxylic acids is 1. The largest absolute Gasteiger partial charge is 0.488 e. The standard InChI is InChI=1S/C22H20F3NO3S/c1-13-9-15(3-8-20(27)28)11-18(10-13)29-12-19-14(2)26-21(30-19)16-4-6-17(7-5-16)22(23,24)25/h4-7,9-11H,3,8,12H2,1-2H3,(H,27,28). The lowest BCUT2D eigenvalue weighted by Crippen LogP contribution is -2.03. The normalized spacial score (nSPS) is 11.5. The Morgan fingerprint density at radius 1 is 1.13 bits per heavy atom. The molecule has 0 aliphatic carbocycles. The molecule has 4 nitrogen and oxygen atoms in total. The van der Waals surface area contributed by atoms with E-state index in [9.17, 15) is 18.0 Å². The number of carbonyl (C=O) groups is 1. The van der Waals surface area contributed by atoms with Gasteiger partial charge in [-0.1, -0.05) is 18.2 Å². The molecular formula is C22H20F3NO3S. The van der Waals surface area contributed by atoms with Crippen LogP contribution in [0.4, 0.5) is 13.2 Å². The Labute approximate surface area is 176 Å². The molecule has 0 atom stereocenters. The molecule has 0 spiro atoms. The first-order valence-electron chi connectivity index (χ1n) is 9.21. The van der Waals surface area contributed by atoms with Gasteiger partial charge in [0.25, 0.3) is 0 Å². The molecule has 0 aliphatic rings. The van der Waals surface area contributed by atoms with Gasteiger partial charge in [-0.05, 0) is 55.7 Å². The number of aromatic nitrogens is 1. The number of ether oxygens (including phenoxy) is 1. The van der Waals surface area contributed by atoms with Crippen molar-refractivity contribution >= 4 is 17.3 Å². The fourth-order valence-electron chi connectivity index (χ4n) is 2.94. The molecule has 1 N–H and O–H groups in total. The smallest absolute Gasteiger partial charge is 0.416 e. The number of benzene rings is 2. The molecule has 0 bridgehead atoms. The van der Waals surface area contributed by atoms with Crippen molar-refractivity contribution in [2.24, 2.45) is 0 Å². The van der Waals surface area contributed by atoms with Crippen molar-refractivity contribution in [2.45, 2.75) is 39.5 Å². The topological polar surface area (TPSA) is 59.4 Å². The summed E-state index contributed by atoms with van der Waals surface area (Å²) in [4.78, 5) is 16.1. The van der Waals surface area contributed by atoms with Gasteiger partial charge in [-0.2, -0.15) is 13.2 Å². The number of nitrogens with zero attached hydrogens (tertiary/aromatic N) is 1. The van der Waals surface area contributed by atoms with E-state index in [1.807, 2.05) is 32.0 Å². The van der Waals surface area contributed by atoms with Gasteiger partial charge < -0.3 is 9.84 Å². The summed E-state index contributed by atoms with van der Waals surface area (Å²) in [7, 11) is 0. The third-order valence-electron chi connectivity index (χ3n) is 4.46. The van der Waals surface area contributed by atoms with Gasteiger partial charge in [-0.25, -0.2) is 4.98 Å². The van der Waals surface area contributed by atoms with E-state index in [0.717, 1.165) is 33.8 Å². The highest BCUT2D eigenvalue weighted by molar-refractivity contribution is 7.15. The number of hydrogen-bond acceptors (Lipinski definition) is 4. The average Bonchev–Trinajstić information content (AvgIpc) is 3.04. The maximum Gasteiger partial charge on any atom is 0.416 e. The van der Waals surface area contributed by atoms with Crippen LogP contribution in [0, 0.1) is 13.8 Å². The molecule has 1 aromatic heterocycles. The Hall–Kier alpha value is -2.87. The Balaban J connectivity index is 1.72. The van der Waals surface area contributed by atoms with E-state index in [1.54, 1.807) is 0 Å². The van der Waals surface area contributed by atoms with Crippen molar-refractivity contribution in [1.29, 1.82) is 0 Å². The average molecular weight is 435 g/mol. The van der Waals surface area contributed by atoms with Crippen LogP contribution in [0.5, 0.6) is 5.75 Å². The van der Waals surface area contributed by atoms with Gasteiger partial charge >= 0.3 is 12.1 Å². The highest BCUT2D eigenvalue weighted by Crippen LogP contribution is 2.33. The molecule has 3 aromatic rings. The van der Waals surface area contributed by atoms with E-state index in [4.69, 9.17) is 9.84 Å². The minimum absolute atomic E-state index is 0.0489. The zero-order chi connectivity index (χ0) is 21.9. The van der Waals surface area contributed by atoms with Crippen molar-refractivity contribution in [3.8, 4) is 16.3 Å². The van der Waals surface area contributed by atoms with Crippen LogP contribution < -0.4 is 4.74 Å². The molecule has 158 valence electrons. The summed E-state index contributed by atoms with van der Waals surface area (Å²) in [5, 5.41) is 9.49. The summed E-state index contributed by atoms with van der Waals surface area (Å²) < 4.78 is 44.1. The first kappa shape index (κ1) is 21.8.